The van der Waals surface area contributed by atoms with Crippen LogP contribution in [0.5, 0.6) is 0 Å². The van der Waals surface area contributed by atoms with E-state index in [1.165, 1.54) is 12.1 Å². The molecule has 0 heterocycles. The van der Waals surface area contributed by atoms with Crippen molar-refractivity contribution in [1.82, 2.24) is 0 Å². The first kappa shape index (κ1) is 15.1. The molecule has 1 aromatic carbocycles. The summed E-state index contributed by atoms with van der Waals surface area (Å²) in [6, 6.07) is 4.77. The van der Waals surface area contributed by atoms with Crippen LogP contribution >= 0.6 is 0 Å². The lowest BCUT2D eigenvalue weighted by molar-refractivity contribution is -0.137. The molecule has 0 saturated carbocycles. The first-order chi connectivity index (χ1) is 8.88. The number of allylic oxidation sites excluding steroid dienone is 1. The fourth-order valence-corrected chi connectivity index (χ4v) is 1.39. The molecule has 3 N–H and O–H groups in total. The summed E-state index contributed by atoms with van der Waals surface area (Å²) in [4.78, 5) is 4.58. The lowest BCUT2D eigenvalue weighted by Crippen LogP contribution is -2.09. The highest BCUT2D eigenvalue weighted by molar-refractivity contribution is 5.47. The summed E-state index contributed by atoms with van der Waals surface area (Å²) >= 11 is 0. The first-order valence-corrected chi connectivity index (χ1v) is 5.48. The minimum Gasteiger partial charge on any atom is -0.416 e. The molecule has 3 nitrogen and oxygen atoms in total. The average Bonchev–Trinajstić information content (AvgIpc) is 2.38. The second kappa shape index (κ2) is 6.29. The van der Waals surface area contributed by atoms with Gasteiger partial charge in [-0.05, 0) is 31.2 Å². The fraction of sp³-hybridized carbons (Fsp3) is 0.231. The summed E-state index contributed by atoms with van der Waals surface area (Å²) in [6.45, 7) is 5.64. The maximum absolute atomic E-state index is 12.4. The quantitative estimate of drug-likeness (QED) is 0.490. The average molecular weight is 272 g/mol. The lowest BCUT2D eigenvalue weighted by atomic mass is 10.2. The molecule has 0 aliphatic heterocycles. The van der Waals surface area contributed by atoms with Gasteiger partial charge < -0.3 is 10.2 Å². The van der Waals surface area contributed by atoms with Crippen LogP contribution in [-0.4, -0.2) is 6.54 Å². The molecule has 0 aliphatic rings. The number of hydrogen-bond donors (Lipinski definition) is 2. The van der Waals surface area contributed by atoms with E-state index in [0.717, 1.165) is 17.7 Å². The Labute approximate surface area is 109 Å². The third-order valence-corrected chi connectivity index (χ3v) is 2.57. The molecule has 0 atom stereocenters. The number of nitrogens with one attached hydrogen (secondary N) is 1. The third kappa shape index (κ3) is 4.33. The van der Waals surface area contributed by atoms with Gasteiger partial charge in [0.1, 0.15) is 5.76 Å². The SMILES string of the molecule is C=C/C(CNc1ccc(C(F)(F)F)cc1)=C(/C)ON. The summed E-state index contributed by atoms with van der Waals surface area (Å²) in [5.74, 6) is 5.52. The van der Waals surface area contributed by atoms with Crippen LogP contribution < -0.4 is 11.2 Å². The molecule has 0 amide bonds. The van der Waals surface area contributed by atoms with Gasteiger partial charge in [-0.25, -0.2) is 0 Å². The summed E-state index contributed by atoms with van der Waals surface area (Å²) < 4.78 is 37.1. The van der Waals surface area contributed by atoms with Gasteiger partial charge in [-0.15, -0.1) is 0 Å². The lowest BCUT2D eigenvalue weighted by Gasteiger charge is -2.11. The minimum atomic E-state index is -4.32. The molecule has 0 aromatic heterocycles. The smallest absolute Gasteiger partial charge is 0.416 e. The van der Waals surface area contributed by atoms with Crippen molar-refractivity contribution in [1.29, 1.82) is 0 Å². The van der Waals surface area contributed by atoms with Gasteiger partial charge in [0.2, 0.25) is 0 Å². The van der Waals surface area contributed by atoms with E-state index in [9.17, 15) is 13.2 Å². The van der Waals surface area contributed by atoms with Crippen molar-refractivity contribution in [2.45, 2.75) is 13.1 Å². The van der Waals surface area contributed by atoms with E-state index in [0.29, 0.717) is 18.0 Å². The normalized spacial score (nSPS) is 12.7. The zero-order chi connectivity index (χ0) is 14.5. The van der Waals surface area contributed by atoms with Crippen LogP contribution in [0, 0.1) is 0 Å². The van der Waals surface area contributed by atoms with Gasteiger partial charge in [-0.2, -0.15) is 19.1 Å². The second-order valence-corrected chi connectivity index (χ2v) is 3.83. The molecular formula is C13H15F3N2O. The molecule has 1 aromatic rings. The Morgan fingerprint density at radius 1 is 1.37 bits per heavy atom. The summed E-state index contributed by atoms with van der Waals surface area (Å²) in [7, 11) is 0. The largest absolute Gasteiger partial charge is 0.416 e. The Morgan fingerprint density at radius 3 is 2.37 bits per heavy atom. The summed E-state index contributed by atoms with van der Waals surface area (Å²) in [5, 5.41) is 2.96. The minimum absolute atomic E-state index is 0.359. The maximum Gasteiger partial charge on any atom is 0.416 e. The molecule has 0 radical (unpaired) electrons. The number of nitrogens with two attached hydrogens (primary N) is 1. The number of alkyl halides is 3. The Bertz CT molecular complexity index is 464. The first-order valence-electron chi connectivity index (χ1n) is 5.48. The van der Waals surface area contributed by atoms with Crippen LogP contribution in [0.4, 0.5) is 18.9 Å². The monoisotopic (exact) mass is 272 g/mol. The molecule has 0 aliphatic carbocycles. The Hall–Kier alpha value is -1.95. The predicted molar refractivity (Wildman–Crippen MR) is 68.1 cm³/mol. The van der Waals surface area contributed by atoms with Crippen LogP contribution in [0.25, 0.3) is 0 Å². The highest BCUT2D eigenvalue weighted by Crippen LogP contribution is 2.29. The molecular weight excluding hydrogens is 257 g/mol. The van der Waals surface area contributed by atoms with Crippen molar-refractivity contribution < 1.29 is 18.0 Å². The van der Waals surface area contributed by atoms with Crippen molar-refractivity contribution in [2.24, 2.45) is 5.90 Å². The second-order valence-electron chi connectivity index (χ2n) is 3.83. The third-order valence-electron chi connectivity index (χ3n) is 2.57. The van der Waals surface area contributed by atoms with Crippen LogP contribution in [-0.2, 0) is 11.0 Å². The van der Waals surface area contributed by atoms with E-state index in [1.807, 2.05) is 0 Å². The molecule has 6 heteroatoms. The predicted octanol–water partition coefficient (Wildman–Crippen LogP) is 3.47. The highest BCUT2D eigenvalue weighted by atomic mass is 19.4. The summed E-state index contributed by atoms with van der Waals surface area (Å²) in [5.41, 5.74) is 0.610. The molecule has 0 fully saturated rings. The number of benzene rings is 1. The van der Waals surface area contributed by atoms with Crippen molar-refractivity contribution >= 4 is 5.69 Å². The number of anilines is 1. The fourth-order valence-electron chi connectivity index (χ4n) is 1.39. The van der Waals surface area contributed by atoms with Crippen LogP contribution in [0.2, 0.25) is 0 Å². The maximum atomic E-state index is 12.4. The molecule has 1 rings (SSSR count). The Balaban J connectivity index is 2.72. The molecule has 104 valence electrons. The number of halogens is 3. The van der Waals surface area contributed by atoms with Crippen LogP contribution in [0.3, 0.4) is 0 Å². The van der Waals surface area contributed by atoms with Crippen molar-refractivity contribution in [2.75, 3.05) is 11.9 Å². The molecule has 0 unspecified atom stereocenters. The van der Waals surface area contributed by atoms with Crippen molar-refractivity contribution in [3.63, 3.8) is 0 Å². The topological polar surface area (TPSA) is 47.3 Å². The van der Waals surface area contributed by atoms with Gasteiger partial charge in [-0.1, -0.05) is 12.7 Å². The molecule has 19 heavy (non-hydrogen) atoms. The van der Waals surface area contributed by atoms with Crippen molar-refractivity contribution in [3.05, 3.63) is 53.8 Å². The van der Waals surface area contributed by atoms with E-state index < -0.39 is 11.7 Å². The molecule has 0 saturated heterocycles. The van der Waals surface area contributed by atoms with E-state index in [-0.39, 0.29) is 0 Å². The van der Waals surface area contributed by atoms with E-state index in [2.05, 4.69) is 16.7 Å². The van der Waals surface area contributed by atoms with Gasteiger partial charge in [-0.3, -0.25) is 0 Å². The van der Waals surface area contributed by atoms with Crippen LogP contribution in [0.15, 0.2) is 48.3 Å². The standard InChI is InChI=1S/C13H15F3N2O/c1-3-10(9(2)19-17)8-18-12-6-4-11(5-7-12)13(14,15)16/h3-7,18H,1,8,17H2,2H3/b10-9+. The van der Waals surface area contributed by atoms with E-state index in [1.54, 1.807) is 13.0 Å². The number of rotatable bonds is 5. The molecule has 0 spiro atoms. The van der Waals surface area contributed by atoms with Gasteiger partial charge in [0.05, 0.1) is 5.56 Å². The highest BCUT2D eigenvalue weighted by Gasteiger charge is 2.29. The van der Waals surface area contributed by atoms with E-state index in [4.69, 9.17) is 5.90 Å². The van der Waals surface area contributed by atoms with Crippen LogP contribution in [0.1, 0.15) is 12.5 Å². The zero-order valence-corrected chi connectivity index (χ0v) is 10.4. The Morgan fingerprint density at radius 2 is 1.95 bits per heavy atom. The van der Waals surface area contributed by atoms with Gasteiger partial charge >= 0.3 is 6.18 Å². The Kier molecular flexibility index (Phi) is 5.00. The van der Waals surface area contributed by atoms with Gasteiger partial charge in [0, 0.05) is 17.8 Å². The van der Waals surface area contributed by atoms with E-state index >= 15 is 0 Å². The number of hydrogen-bond acceptors (Lipinski definition) is 3. The zero-order valence-electron chi connectivity index (χ0n) is 10.4. The summed E-state index contributed by atoms with van der Waals surface area (Å²) in [6.07, 6.45) is -2.76. The van der Waals surface area contributed by atoms with Gasteiger partial charge in [0.25, 0.3) is 0 Å². The van der Waals surface area contributed by atoms with Crippen molar-refractivity contribution in [3.8, 4) is 0 Å². The van der Waals surface area contributed by atoms with Gasteiger partial charge in [0.15, 0.2) is 0 Å². The molecule has 0 bridgehead atoms.